The third-order valence-electron chi connectivity index (χ3n) is 5.24. The molecular weight excluding hydrogens is 384 g/mol. The van der Waals surface area contributed by atoms with Gasteiger partial charge in [-0.25, -0.2) is 4.90 Å². The maximum absolute atomic E-state index is 12.8. The van der Waals surface area contributed by atoms with Gasteiger partial charge in [0.2, 0.25) is 11.8 Å². The summed E-state index contributed by atoms with van der Waals surface area (Å²) >= 11 is 5.86. The monoisotopic (exact) mass is 400 g/mol. The van der Waals surface area contributed by atoms with Gasteiger partial charge in [0, 0.05) is 17.2 Å². The second-order valence-electron chi connectivity index (χ2n) is 7.01. The van der Waals surface area contributed by atoms with E-state index in [-0.39, 0.29) is 40.8 Å². The minimum atomic E-state index is -0.573. The van der Waals surface area contributed by atoms with Crippen LogP contribution in [0, 0.1) is 22.0 Å². The Morgan fingerprint density at radius 1 is 0.964 bits per heavy atom. The Labute approximate surface area is 166 Å². The van der Waals surface area contributed by atoms with E-state index in [1.165, 1.54) is 18.2 Å². The Morgan fingerprint density at radius 3 is 2.14 bits per heavy atom. The summed E-state index contributed by atoms with van der Waals surface area (Å²) < 4.78 is 5.70. The van der Waals surface area contributed by atoms with Gasteiger partial charge in [-0.2, -0.15) is 0 Å². The number of amides is 2. The first-order valence-electron chi connectivity index (χ1n) is 9.05. The van der Waals surface area contributed by atoms with E-state index in [0.29, 0.717) is 23.6 Å². The number of benzene rings is 2. The van der Waals surface area contributed by atoms with Crippen molar-refractivity contribution in [1.82, 2.24) is 0 Å². The normalized spacial score (nSPS) is 21.5. The molecule has 1 heterocycles. The summed E-state index contributed by atoms with van der Waals surface area (Å²) in [7, 11) is 0. The lowest BCUT2D eigenvalue weighted by molar-refractivity contribution is -0.384. The number of carbonyl (C=O) groups excluding carboxylic acids is 2. The number of nitro groups is 1. The van der Waals surface area contributed by atoms with Gasteiger partial charge >= 0.3 is 0 Å². The molecule has 144 valence electrons. The number of fused-ring (bicyclic) bond motifs is 1. The molecule has 0 bridgehead atoms. The molecule has 2 aromatic carbocycles. The molecule has 1 saturated carbocycles. The molecule has 0 radical (unpaired) electrons. The lowest BCUT2D eigenvalue weighted by atomic mass is 9.81. The van der Waals surface area contributed by atoms with Crippen LogP contribution in [0.1, 0.15) is 25.7 Å². The van der Waals surface area contributed by atoms with Crippen molar-refractivity contribution >= 4 is 34.8 Å². The highest BCUT2D eigenvalue weighted by Gasteiger charge is 2.49. The highest BCUT2D eigenvalue weighted by Crippen LogP contribution is 2.42. The lowest BCUT2D eigenvalue weighted by Gasteiger charge is -2.19. The van der Waals surface area contributed by atoms with Gasteiger partial charge in [0.05, 0.1) is 28.5 Å². The fourth-order valence-electron chi connectivity index (χ4n) is 3.92. The Hall–Kier alpha value is -2.93. The smallest absolute Gasteiger partial charge is 0.275 e. The molecular formula is C20H17ClN2O5. The Kier molecular flexibility index (Phi) is 4.77. The van der Waals surface area contributed by atoms with Crippen molar-refractivity contribution in [3.05, 3.63) is 57.6 Å². The van der Waals surface area contributed by atoms with Gasteiger partial charge in [0.15, 0.2) is 0 Å². The zero-order valence-electron chi connectivity index (χ0n) is 14.8. The van der Waals surface area contributed by atoms with Crippen LogP contribution >= 0.6 is 11.6 Å². The third-order valence-corrected chi connectivity index (χ3v) is 5.49. The van der Waals surface area contributed by atoms with Gasteiger partial charge in [-0.05, 0) is 37.1 Å². The number of nitro benzene ring substituents is 1. The lowest BCUT2D eigenvalue weighted by Crippen LogP contribution is -2.30. The van der Waals surface area contributed by atoms with Crippen LogP contribution in [0.4, 0.5) is 11.4 Å². The molecule has 4 rings (SSSR count). The number of anilines is 1. The van der Waals surface area contributed by atoms with E-state index >= 15 is 0 Å². The van der Waals surface area contributed by atoms with Gasteiger partial charge < -0.3 is 4.74 Å². The molecule has 8 heteroatoms. The van der Waals surface area contributed by atoms with E-state index in [9.17, 15) is 19.7 Å². The summed E-state index contributed by atoms with van der Waals surface area (Å²) in [5, 5.41) is 11.9. The van der Waals surface area contributed by atoms with Crippen molar-refractivity contribution in [2.24, 2.45) is 11.8 Å². The molecule has 28 heavy (non-hydrogen) atoms. The van der Waals surface area contributed by atoms with Gasteiger partial charge in [0.1, 0.15) is 11.5 Å². The highest BCUT2D eigenvalue weighted by atomic mass is 35.5. The SMILES string of the molecule is O=C1C2CCCCC2C(=O)N1c1cc(Oc2ccc(Cl)cc2)cc([N+](=O)[O-])c1. The molecule has 1 aliphatic heterocycles. The number of ether oxygens (including phenoxy) is 1. The van der Waals surface area contributed by atoms with Crippen LogP contribution in [0.5, 0.6) is 11.5 Å². The second-order valence-corrected chi connectivity index (χ2v) is 7.44. The second kappa shape index (κ2) is 7.24. The van der Waals surface area contributed by atoms with Crippen LogP contribution in [0.15, 0.2) is 42.5 Å². The minimum Gasteiger partial charge on any atom is -0.457 e. The molecule has 2 fully saturated rings. The van der Waals surface area contributed by atoms with Crippen LogP contribution in [0.2, 0.25) is 5.02 Å². The zero-order chi connectivity index (χ0) is 19.8. The average Bonchev–Trinajstić information content (AvgIpc) is 2.94. The molecule has 2 aromatic rings. The fraction of sp³-hybridized carbons (Fsp3) is 0.300. The molecule has 1 saturated heterocycles. The molecule has 0 N–H and O–H groups in total. The van der Waals surface area contributed by atoms with Crippen molar-refractivity contribution in [3.8, 4) is 11.5 Å². The van der Waals surface area contributed by atoms with E-state index in [0.717, 1.165) is 17.7 Å². The molecule has 7 nitrogen and oxygen atoms in total. The molecule has 0 spiro atoms. The first-order chi connectivity index (χ1) is 13.4. The zero-order valence-corrected chi connectivity index (χ0v) is 15.6. The fourth-order valence-corrected chi connectivity index (χ4v) is 4.04. The Morgan fingerprint density at radius 2 is 1.57 bits per heavy atom. The quantitative estimate of drug-likeness (QED) is 0.420. The summed E-state index contributed by atoms with van der Waals surface area (Å²) in [6, 6.07) is 10.5. The van der Waals surface area contributed by atoms with E-state index in [4.69, 9.17) is 16.3 Å². The number of imide groups is 1. The van der Waals surface area contributed by atoms with E-state index in [2.05, 4.69) is 0 Å². The van der Waals surface area contributed by atoms with Crippen molar-refractivity contribution in [1.29, 1.82) is 0 Å². The Balaban J connectivity index is 1.71. The van der Waals surface area contributed by atoms with Crippen LogP contribution in [-0.4, -0.2) is 16.7 Å². The van der Waals surface area contributed by atoms with Crippen LogP contribution in [0.25, 0.3) is 0 Å². The number of halogens is 1. The molecule has 2 atom stereocenters. The number of nitrogens with zero attached hydrogens (tertiary/aromatic N) is 2. The van der Waals surface area contributed by atoms with Crippen molar-refractivity contribution in [2.75, 3.05) is 4.90 Å². The topological polar surface area (TPSA) is 89.8 Å². The standard InChI is InChI=1S/C20H17ClN2O5/c21-12-5-7-15(8-6-12)28-16-10-13(9-14(11-16)23(26)27)22-19(24)17-3-1-2-4-18(17)20(22)25/h5-11,17-18H,1-4H2. The van der Waals surface area contributed by atoms with Gasteiger partial charge in [0.25, 0.3) is 5.69 Å². The van der Waals surface area contributed by atoms with Crippen LogP contribution < -0.4 is 9.64 Å². The van der Waals surface area contributed by atoms with Gasteiger partial charge in [-0.15, -0.1) is 0 Å². The molecule has 2 unspecified atom stereocenters. The largest absolute Gasteiger partial charge is 0.457 e. The highest BCUT2D eigenvalue weighted by molar-refractivity contribution is 6.30. The van der Waals surface area contributed by atoms with Crippen LogP contribution in [-0.2, 0) is 9.59 Å². The van der Waals surface area contributed by atoms with E-state index < -0.39 is 4.92 Å². The van der Waals surface area contributed by atoms with Crippen molar-refractivity contribution in [2.45, 2.75) is 25.7 Å². The summed E-state index contributed by atoms with van der Waals surface area (Å²) in [5.74, 6) is -0.631. The first kappa shape index (κ1) is 18.4. The third kappa shape index (κ3) is 3.33. The number of hydrogen-bond donors (Lipinski definition) is 0. The number of non-ortho nitro benzene ring substituents is 1. The maximum Gasteiger partial charge on any atom is 0.275 e. The van der Waals surface area contributed by atoms with Crippen molar-refractivity contribution in [3.63, 3.8) is 0 Å². The predicted octanol–water partition coefficient (Wildman–Crippen LogP) is 4.72. The number of rotatable bonds is 4. The van der Waals surface area contributed by atoms with E-state index in [1.54, 1.807) is 24.3 Å². The average molecular weight is 401 g/mol. The minimum absolute atomic E-state index is 0.169. The number of carbonyl (C=O) groups is 2. The molecule has 1 aliphatic carbocycles. The van der Waals surface area contributed by atoms with Gasteiger partial charge in [-0.3, -0.25) is 19.7 Å². The Bertz CT molecular complexity index is 936. The summed E-state index contributed by atoms with van der Waals surface area (Å²) in [4.78, 5) is 37.5. The molecule has 2 amide bonds. The summed E-state index contributed by atoms with van der Waals surface area (Å²) in [6.07, 6.45) is 3.17. The van der Waals surface area contributed by atoms with Gasteiger partial charge in [-0.1, -0.05) is 24.4 Å². The molecule has 0 aromatic heterocycles. The van der Waals surface area contributed by atoms with Crippen LogP contribution in [0.3, 0.4) is 0 Å². The predicted molar refractivity (Wildman–Crippen MR) is 103 cm³/mol. The first-order valence-corrected chi connectivity index (χ1v) is 9.42. The summed E-state index contributed by atoms with van der Waals surface area (Å²) in [6.45, 7) is 0. The maximum atomic E-state index is 12.8. The molecule has 2 aliphatic rings. The number of hydrogen-bond acceptors (Lipinski definition) is 5. The van der Waals surface area contributed by atoms with Crippen molar-refractivity contribution < 1.29 is 19.2 Å². The van der Waals surface area contributed by atoms with E-state index in [1.807, 2.05) is 0 Å². The summed E-state index contributed by atoms with van der Waals surface area (Å²) in [5.41, 5.74) is -0.0838.